The quantitative estimate of drug-likeness (QED) is 0.274. The molecule has 204 valence electrons. The first-order valence-electron chi connectivity index (χ1n) is 14.8. The van der Waals surface area contributed by atoms with E-state index < -0.39 is 11.3 Å². The van der Waals surface area contributed by atoms with Crippen molar-refractivity contribution in [2.75, 3.05) is 6.54 Å². The van der Waals surface area contributed by atoms with Crippen LogP contribution in [0.5, 0.6) is 0 Å². The van der Waals surface area contributed by atoms with Crippen molar-refractivity contribution >= 4 is 0 Å². The summed E-state index contributed by atoms with van der Waals surface area (Å²) in [4.78, 5) is 0. The number of hydrogen-bond acceptors (Lipinski definition) is 2. The predicted molar refractivity (Wildman–Crippen MR) is 147 cm³/mol. The Morgan fingerprint density at radius 3 is 2.40 bits per heavy atom. The van der Waals surface area contributed by atoms with Gasteiger partial charge in [-0.25, -0.2) is 8.78 Å². The van der Waals surface area contributed by atoms with Gasteiger partial charge in [-0.05, 0) is 99.2 Å². The first-order chi connectivity index (χ1) is 16.8. The number of allylic oxidation sites excluding steroid dienone is 1. The minimum absolute atomic E-state index is 0.121. The third kappa shape index (κ3) is 6.27. The van der Waals surface area contributed by atoms with Gasteiger partial charge in [0.2, 0.25) is 0 Å². The van der Waals surface area contributed by atoms with Gasteiger partial charge >= 0.3 is 0 Å². The molecular weight excluding hydrogens is 438 g/mol. The highest BCUT2D eigenvalue weighted by molar-refractivity contribution is 5.12. The second-order valence-corrected chi connectivity index (χ2v) is 11.9. The Balaban J connectivity index is 0.00000103. The summed E-state index contributed by atoms with van der Waals surface area (Å²) in [6.07, 6.45) is 14.3. The normalized spacial score (nSPS) is 39.5. The van der Waals surface area contributed by atoms with Crippen molar-refractivity contribution in [1.29, 1.82) is 0 Å². The van der Waals surface area contributed by atoms with Crippen LogP contribution in [0, 0.1) is 46.8 Å². The minimum atomic E-state index is -2.53. The maximum atomic E-state index is 15.9. The molecule has 8 unspecified atom stereocenters. The van der Waals surface area contributed by atoms with Crippen molar-refractivity contribution in [3.8, 4) is 0 Å². The van der Waals surface area contributed by atoms with Gasteiger partial charge < -0.3 is 11.1 Å². The van der Waals surface area contributed by atoms with E-state index >= 15 is 8.78 Å². The largest absolute Gasteiger partial charge is 0.401 e. The molecular formula is C31H56F2N2. The summed E-state index contributed by atoms with van der Waals surface area (Å²) in [7, 11) is 0. The first kappa shape index (κ1) is 30.2. The van der Waals surface area contributed by atoms with Crippen LogP contribution >= 0.6 is 0 Å². The Hall–Kier alpha value is -1.06. The van der Waals surface area contributed by atoms with E-state index in [1.807, 2.05) is 27.0 Å². The Kier molecular flexibility index (Phi) is 11.6. The van der Waals surface area contributed by atoms with Crippen molar-refractivity contribution < 1.29 is 8.78 Å². The monoisotopic (exact) mass is 494 g/mol. The maximum Gasteiger partial charge on any atom is 0.254 e. The molecule has 4 aliphatic rings. The highest BCUT2D eigenvalue weighted by Crippen LogP contribution is 2.69. The summed E-state index contributed by atoms with van der Waals surface area (Å²) in [5.74, 6) is 0.715. The van der Waals surface area contributed by atoms with Gasteiger partial charge in [0.05, 0.1) is 0 Å². The van der Waals surface area contributed by atoms with Crippen LogP contribution in [0.3, 0.4) is 0 Å². The number of halogens is 2. The number of hydrogen-bond donors (Lipinski definition) is 2. The number of unbranched alkanes of at least 4 members (excludes halogenated alkanes) is 1. The summed E-state index contributed by atoms with van der Waals surface area (Å²) in [5, 5.41) is 3.33. The zero-order valence-corrected chi connectivity index (χ0v) is 23.6. The molecule has 0 aromatic carbocycles. The molecule has 0 bridgehead atoms. The molecule has 4 rings (SSSR count). The topological polar surface area (TPSA) is 38.0 Å². The van der Waals surface area contributed by atoms with Crippen LogP contribution in [0.1, 0.15) is 112 Å². The third-order valence-corrected chi connectivity index (χ3v) is 10.3. The zero-order valence-electron chi connectivity index (χ0n) is 23.6. The summed E-state index contributed by atoms with van der Waals surface area (Å²) in [6.45, 7) is 17.2. The number of nitrogens with one attached hydrogen (secondary N) is 1. The van der Waals surface area contributed by atoms with Crippen LogP contribution in [-0.2, 0) is 0 Å². The van der Waals surface area contributed by atoms with E-state index in [1.165, 1.54) is 32.1 Å². The molecule has 0 aromatic rings. The first-order valence-corrected chi connectivity index (χ1v) is 14.8. The van der Waals surface area contributed by atoms with E-state index in [9.17, 15) is 0 Å². The van der Waals surface area contributed by atoms with Crippen LogP contribution in [0.4, 0.5) is 8.78 Å². The van der Waals surface area contributed by atoms with Gasteiger partial charge in [0.25, 0.3) is 5.92 Å². The van der Waals surface area contributed by atoms with Crippen molar-refractivity contribution in [2.24, 2.45) is 52.6 Å². The molecule has 0 aromatic heterocycles. The van der Waals surface area contributed by atoms with Gasteiger partial charge in [-0.15, -0.1) is 13.2 Å². The van der Waals surface area contributed by atoms with Crippen molar-refractivity contribution in [3.05, 3.63) is 25.1 Å². The summed E-state index contributed by atoms with van der Waals surface area (Å²) in [6, 6.07) is 0. The minimum Gasteiger partial charge on any atom is -0.401 e. The average Bonchev–Trinajstić information content (AvgIpc) is 3.20. The van der Waals surface area contributed by atoms with Crippen LogP contribution < -0.4 is 11.1 Å². The van der Waals surface area contributed by atoms with E-state index in [2.05, 4.69) is 32.3 Å². The van der Waals surface area contributed by atoms with E-state index in [0.717, 1.165) is 62.6 Å². The Labute approximate surface area is 216 Å². The lowest BCUT2D eigenvalue weighted by molar-refractivity contribution is -0.227. The summed E-state index contributed by atoms with van der Waals surface area (Å²) in [5.41, 5.74) is 6.10. The summed E-state index contributed by atoms with van der Waals surface area (Å²) < 4.78 is 31.8. The van der Waals surface area contributed by atoms with Crippen LogP contribution in [0.15, 0.2) is 25.1 Å². The van der Waals surface area contributed by atoms with E-state index in [-0.39, 0.29) is 24.2 Å². The van der Waals surface area contributed by atoms with E-state index in [1.54, 1.807) is 0 Å². The van der Waals surface area contributed by atoms with Crippen LogP contribution in [0.2, 0.25) is 0 Å². The van der Waals surface area contributed by atoms with Crippen molar-refractivity contribution in [1.82, 2.24) is 5.32 Å². The molecule has 0 aliphatic heterocycles. The van der Waals surface area contributed by atoms with Gasteiger partial charge in [0.15, 0.2) is 0 Å². The highest BCUT2D eigenvalue weighted by atomic mass is 19.3. The van der Waals surface area contributed by atoms with E-state index in [0.29, 0.717) is 11.8 Å². The van der Waals surface area contributed by atoms with Crippen molar-refractivity contribution in [3.63, 3.8) is 0 Å². The number of nitrogens with two attached hydrogens (primary N) is 1. The third-order valence-electron chi connectivity index (χ3n) is 10.3. The van der Waals surface area contributed by atoms with Crippen LogP contribution in [0.25, 0.3) is 0 Å². The Morgan fingerprint density at radius 2 is 1.71 bits per heavy atom. The number of rotatable bonds is 7. The predicted octanol–water partition coefficient (Wildman–Crippen LogP) is 8.93. The van der Waals surface area contributed by atoms with Crippen LogP contribution in [-0.4, -0.2) is 12.5 Å². The molecule has 4 aliphatic carbocycles. The van der Waals surface area contributed by atoms with Crippen molar-refractivity contribution in [2.45, 2.75) is 118 Å². The molecule has 3 N–H and O–H groups in total. The Morgan fingerprint density at radius 1 is 1.03 bits per heavy atom. The van der Waals surface area contributed by atoms with Gasteiger partial charge in [0.1, 0.15) is 0 Å². The molecule has 4 saturated carbocycles. The smallest absolute Gasteiger partial charge is 0.254 e. The molecule has 0 radical (unpaired) electrons. The van der Waals surface area contributed by atoms with E-state index in [4.69, 9.17) is 5.73 Å². The van der Waals surface area contributed by atoms with Gasteiger partial charge in [-0.1, -0.05) is 47.5 Å². The zero-order chi connectivity index (χ0) is 26.2. The summed E-state index contributed by atoms with van der Waals surface area (Å²) >= 11 is 0. The molecule has 0 saturated heterocycles. The molecule has 35 heavy (non-hydrogen) atoms. The maximum absolute atomic E-state index is 15.9. The second-order valence-electron chi connectivity index (χ2n) is 11.9. The lowest BCUT2D eigenvalue weighted by Crippen LogP contribution is -2.58. The fourth-order valence-electron chi connectivity index (χ4n) is 8.54. The standard InChI is InChI=1S/C27H46F2N2.C2H6.C2H4/c1-4-5-6-21(30)17-31-14-13-20-9-12-25-23-11-8-19-15-18(2)7-10-22(19)24(23)16-27(28,29)26(20,25)3;2*1-2/h17-20,22-25,31H,4-16,30H2,1-3H3;1-2H3;1-2H2/b21-17-;;. The van der Waals surface area contributed by atoms with Gasteiger partial charge in [-0.2, -0.15) is 0 Å². The molecule has 2 nitrogen and oxygen atoms in total. The second kappa shape index (κ2) is 13.5. The SMILES string of the molecule is C=C.CC.CCCC/C(N)=C/NCCC1CCC2C3CCC4CC(C)CCC4C3CC(F)(F)C12C. The number of fused-ring (bicyclic) bond motifs is 5. The lowest BCUT2D eigenvalue weighted by atomic mass is 9.48. The molecule has 0 amide bonds. The molecule has 0 heterocycles. The lowest BCUT2D eigenvalue weighted by Gasteiger charge is -2.59. The molecule has 8 atom stereocenters. The number of alkyl halides is 2. The molecule has 0 spiro atoms. The Bertz CT molecular complexity index is 662. The average molecular weight is 495 g/mol. The van der Waals surface area contributed by atoms with Gasteiger partial charge in [0, 0.05) is 30.3 Å². The fourth-order valence-corrected chi connectivity index (χ4v) is 8.54. The molecule has 4 fully saturated rings. The fraction of sp³-hybridized carbons (Fsp3) is 0.871. The van der Waals surface area contributed by atoms with Gasteiger partial charge in [-0.3, -0.25) is 0 Å². The molecule has 4 heteroatoms. The highest BCUT2D eigenvalue weighted by Gasteiger charge is 2.68.